The molecule has 1 fully saturated rings. The zero-order valence-corrected chi connectivity index (χ0v) is 19.9. The van der Waals surface area contributed by atoms with Gasteiger partial charge in [-0.3, -0.25) is 24.0 Å². The van der Waals surface area contributed by atoms with Crippen LogP contribution in [0.4, 0.5) is 4.79 Å². The van der Waals surface area contributed by atoms with Crippen molar-refractivity contribution in [1.82, 2.24) is 49.5 Å². The van der Waals surface area contributed by atoms with Crippen LogP contribution in [0.25, 0.3) is 16.9 Å². The number of imide groups is 1. The van der Waals surface area contributed by atoms with Crippen molar-refractivity contribution in [3.8, 4) is 5.69 Å². The Hall–Kier alpha value is -4.62. The lowest BCUT2D eigenvalue weighted by Crippen LogP contribution is -2.41. The third kappa shape index (κ3) is 3.57. The van der Waals surface area contributed by atoms with Gasteiger partial charge in [-0.15, -0.1) is 5.10 Å². The molecule has 14 nitrogen and oxygen atoms in total. The first-order valence-electron chi connectivity index (χ1n) is 11.4. The predicted octanol–water partition coefficient (Wildman–Crippen LogP) is 0.166. The number of fused-ring (bicyclic) bond motifs is 1. The van der Waals surface area contributed by atoms with Crippen molar-refractivity contribution >= 4 is 23.1 Å². The largest absolute Gasteiger partial charge is 0.330 e. The third-order valence-corrected chi connectivity index (χ3v) is 6.45. The van der Waals surface area contributed by atoms with Crippen molar-refractivity contribution < 1.29 is 9.59 Å². The maximum absolute atomic E-state index is 13.5. The van der Waals surface area contributed by atoms with E-state index in [4.69, 9.17) is 0 Å². The zero-order valence-electron chi connectivity index (χ0n) is 19.9. The maximum atomic E-state index is 13.5. The number of urea groups is 1. The van der Waals surface area contributed by atoms with Crippen LogP contribution in [0.5, 0.6) is 0 Å². The van der Waals surface area contributed by atoms with E-state index in [1.165, 1.54) is 20.1 Å². The number of aryl methyl sites for hydroxylation is 2. The average Bonchev–Trinajstić information content (AvgIpc) is 3.55. The number of hydrogen-bond acceptors (Lipinski definition) is 8. The van der Waals surface area contributed by atoms with E-state index in [1.807, 2.05) is 6.92 Å². The minimum absolute atomic E-state index is 0.181. The van der Waals surface area contributed by atoms with Gasteiger partial charge in [0.2, 0.25) is 0 Å². The number of hydrogen-bond donors (Lipinski definition) is 2. The van der Waals surface area contributed by atoms with Crippen molar-refractivity contribution in [3.63, 3.8) is 0 Å². The molecule has 0 saturated carbocycles. The Bertz CT molecular complexity index is 1600. The van der Waals surface area contributed by atoms with Crippen LogP contribution >= 0.6 is 0 Å². The minimum Gasteiger partial charge on any atom is -0.324 e. The van der Waals surface area contributed by atoms with E-state index in [0.29, 0.717) is 23.6 Å². The highest BCUT2D eigenvalue weighted by atomic mass is 16.2. The van der Waals surface area contributed by atoms with Crippen LogP contribution < -0.4 is 16.6 Å². The number of carbonyl (C=O) groups excluding carboxylic acids is 2. The number of imidazole rings is 1. The number of amides is 3. The monoisotopic (exact) mass is 492 g/mol. The summed E-state index contributed by atoms with van der Waals surface area (Å²) in [6.45, 7) is 3.82. The summed E-state index contributed by atoms with van der Waals surface area (Å²) in [5.74, 6) is -0.188. The van der Waals surface area contributed by atoms with Gasteiger partial charge in [0.15, 0.2) is 11.2 Å². The van der Waals surface area contributed by atoms with Crippen molar-refractivity contribution in [1.29, 1.82) is 0 Å². The topological polar surface area (TPSA) is 166 Å². The molecule has 1 aliphatic rings. The molecule has 5 rings (SSSR count). The molecule has 1 saturated heterocycles. The number of nitrogens with zero attached hydrogens (tertiary/aromatic N) is 8. The van der Waals surface area contributed by atoms with E-state index in [1.54, 1.807) is 38.2 Å². The van der Waals surface area contributed by atoms with E-state index in [2.05, 4.69) is 30.8 Å². The summed E-state index contributed by atoms with van der Waals surface area (Å²) in [5.41, 5.74) is -0.874. The number of aromatic nitrogens is 8. The normalized spacial score (nSPS) is 17.8. The molecule has 1 aromatic carbocycles. The van der Waals surface area contributed by atoms with E-state index < -0.39 is 28.7 Å². The smallest absolute Gasteiger partial charge is 0.324 e. The van der Waals surface area contributed by atoms with E-state index in [0.717, 1.165) is 17.7 Å². The predicted molar refractivity (Wildman–Crippen MR) is 126 cm³/mol. The molecule has 36 heavy (non-hydrogen) atoms. The van der Waals surface area contributed by atoms with Crippen LogP contribution in [0.2, 0.25) is 0 Å². The molecule has 186 valence electrons. The summed E-state index contributed by atoms with van der Waals surface area (Å²) in [6, 6.07) is 6.37. The van der Waals surface area contributed by atoms with Gasteiger partial charge in [-0.2, -0.15) is 0 Å². The van der Waals surface area contributed by atoms with Gasteiger partial charge >= 0.3 is 11.7 Å². The molecule has 4 heterocycles. The summed E-state index contributed by atoms with van der Waals surface area (Å²) in [7, 11) is 1.61. The fourth-order valence-electron chi connectivity index (χ4n) is 4.37. The fraction of sp³-hybridized carbons (Fsp3) is 0.364. The van der Waals surface area contributed by atoms with E-state index in [9.17, 15) is 19.2 Å². The summed E-state index contributed by atoms with van der Waals surface area (Å²) in [6.07, 6.45) is 3.00. The number of rotatable bonds is 7. The lowest BCUT2D eigenvalue weighted by atomic mass is 9.91. The quantitative estimate of drug-likeness (QED) is 0.344. The second-order valence-corrected chi connectivity index (χ2v) is 8.77. The maximum Gasteiger partial charge on any atom is 0.330 e. The van der Waals surface area contributed by atoms with Gasteiger partial charge in [0, 0.05) is 13.6 Å². The molecule has 4 aromatic rings. The lowest BCUT2D eigenvalue weighted by Gasteiger charge is -2.22. The molecule has 1 atom stereocenters. The van der Waals surface area contributed by atoms with Crippen LogP contribution in [0.15, 0.2) is 40.2 Å². The Kier molecular flexibility index (Phi) is 5.50. The van der Waals surface area contributed by atoms with Crippen LogP contribution in [-0.4, -0.2) is 56.1 Å². The molecule has 3 aromatic heterocycles. The minimum atomic E-state index is -1.34. The molecule has 0 aliphatic carbocycles. The van der Waals surface area contributed by atoms with Crippen molar-refractivity contribution in [3.05, 3.63) is 62.8 Å². The Morgan fingerprint density at radius 2 is 1.94 bits per heavy atom. The molecule has 0 bridgehead atoms. The first kappa shape index (κ1) is 23.1. The highest BCUT2D eigenvalue weighted by molar-refractivity contribution is 6.07. The van der Waals surface area contributed by atoms with Gasteiger partial charge in [0.1, 0.15) is 17.7 Å². The number of H-pyrrole nitrogens is 1. The van der Waals surface area contributed by atoms with Crippen molar-refractivity contribution in [2.75, 3.05) is 0 Å². The Balaban J connectivity index is 1.50. The van der Waals surface area contributed by atoms with Gasteiger partial charge in [0.25, 0.3) is 11.5 Å². The second kappa shape index (κ2) is 8.55. The SMILES string of the molecule is CCCCn1c(=O)[nH]c(=O)c2c1nc(CN1C(=O)N[C@@](C)(c3cccc(-n4cnnn4)c3)C1=O)n2C. The lowest BCUT2D eigenvalue weighted by molar-refractivity contribution is -0.131. The van der Waals surface area contributed by atoms with Gasteiger partial charge in [-0.1, -0.05) is 25.5 Å². The summed E-state index contributed by atoms with van der Waals surface area (Å²) >= 11 is 0. The van der Waals surface area contributed by atoms with E-state index >= 15 is 0 Å². The third-order valence-electron chi connectivity index (χ3n) is 6.45. The highest BCUT2D eigenvalue weighted by Crippen LogP contribution is 2.31. The van der Waals surface area contributed by atoms with Gasteiger partial charge in [-0.05, 0) is 41.5 Å². The number of tetrazole rings is 1. The molecular weight excluding hydrogens is 468 g/mol. The molecule has 2 N–H and O–H groups in total. The van der Waals surface area contributed by atoms with Crippen LogP contribution in [0.1, 0.15) is 38.1 Å². The average molecular weight is 493 g/mol. The number of nitrogens with one attached hydrogen (secondary N) is 2. The van der Waals surface area contributed by atoms with Crippen LogP contribution in [0.3, 0.4) is 0 Å². The Morgan fingerprint density at radius 3 is 2.67 bits per heavy atom. The number of carbonyl (C=O) groups is 2. The van der Waals surface area contributed by atoms with Gasteiger partial charge in [0.05, 0.1) is 12.2 Å². The molecule has 3 amide bonds. The zero-order chi connectivity index (χ0) is 25.6. The first-order chi connectivity index (χ1) is 17.2. The van der Waals surface area contributed by atoms with Crippen LogP contribution in [0, 0.1) is 0 Å². The second-order valence-electron chi connectivity index (χ2n) is 8.77. The molecule has 14 heteroatoms. The fourth-order valence-corrected chi connectivity index (χ4v) is 4.37. The molecule has 1 aliphatic heterocycles. The number of aromatic amines is 1. The summed E-state index contributed by atoms with van der Waals surface area (Å²) in [5, 5.41) is 13.9. The Morgan fingerprint density at radius 1 is 1.14 bits per heavy atom. The van der Waals surface area contributed by atoms with Crippen LogP contribution in [-0.2, 0) is 30.5 Å². The van der Waals surface area contributed by atoms with Gasteiger partial charge in [-0.25, -0.2) is 19.3 Å². The highest BCUT2D eigenvalue weighted by Gasteiger charge is 2.49. The standard InChI is InChI=1S/C22H24N10O4/c1-4-5-9-30-17-16(18(33)25-20(30)35)29(3)15(24-17)11-31-19(34)22(2,26-21(31)36)13-7-6-8-14(10-13)32-12-23-27-28-32/h6-8,10,12H,4-5,9,11H2,1-3H3,(H,26,36)(H,25,33,35)/t22-/m0/s1. The molecular formula is C22H24N10O4. The summed E-state index contributed by atoms with van der Waals surface area (Å²) < 4.78 is 4.36. The Labute approximate surface area is 203 Å². The molecule has 0 radical (unpaired) electrons. The van der Waals surface area contributed by atoms with E-state index in [-0.39, 0.29) is 17.7 Å². The summed E-state index contributed by atoms with van der Waals surface area (Å²) in [4.78, 5) is 59.3. The van der Waals surface area contributed by atoms with Gasteiger partial charge < -0.3 is 9.88 Å². The molecule has 0 unspecified atom stereocenters. The first-order valence-corrected chi connectivity index (χ1v) is 11.4. The number of unbranched alkanes of at least 4 members (excludes halogenated alkanes) is 1. The van der Waals surface area contributed by atoms with Crippen molar-refractivity contribution in [2.45, 2.75) is 45.3 Å². The van der Waals surface area contributed by atoms with Crippen molar-refractivity contribution in [2.24, 2.45) is 7.05 Å². The number of benzene rings is 1. The molecule has 0 spiro atoms.